The number of carbonyl (C=O) groups excluding carboxylic acids is 1. The van der Waals surface area contributed by atoms with Gasteiger partial charge in [-0.3, -0.25) is 4.79 Å². The van der Waals surface area contributed by atoms with Gasteiger partial charge >= 0.3 is 0 Å². The number of ether oxygens (including phenoxy) is 1. The normalized spacial score (nSPS) is 12.4. The van der Waals surface area contributed by atoms with Gasteiger partial charge in [-0.1, -0.05) is 36.4 Å². The molecule has 0 radical (unpaired) electrons. The first-order valence-electron chi connectivity index (χ1n) is 11.5. The third-order valence-electron chi connectivity index (χ3n) is 6.03. The molecule has 4 N–H and O–H groups in total. The lowest BCUT2D eigenvalue weighted by molar-refractivity contribution is 0.0963. The Labute approximate surface area is 210 Å². The van der Waals surface area contributed by atoms with Crippen LogP contribution in [0.5, 0.6) is 5.75 Å². The summed E-state index contributed by atoms with van der Waals surface area (Å²) in [5, 5.41) is 13.6. The molecule has 1 aromatic heterocycles. The zero-order valence-electron chi connectivity index (χ0n) is 20.1. The lowest BCUT2D eigenvalue weighted by Gasteiger charge is -2.18. The van der Waals surface area contributed by atoms with Gasteiger partial charge in [0.1, 0.15) is 10.6 Å². The maximum atomic E-state index is 13.4. The molecule has 0 fully saturated rings. The summed E-state index contributed by atoms with van der Waals surface area (Å²) >= 11 is 0. The molecular weight excluding hydrogens is 478 g/mol. The van der Waals surface area contributed by atoms with E-state index in [0.29, 0.717) is 18.4 Å². The summed E-state index contributed by atoms with van der Waals surface area (Å²) in [6.07, 6.45) is 2.57. The highest BCUT2D eigenvalue weighted by molar-refractivity contribution is 7.89. The summed E-state index contributed by atoms with van der Waals surface area (Å²) in [6, 6.07) is 19.1. The molecule has 0 aliphatic carbocycles. The van der Waals surface area contributed by atoms with Crippen LogP contribution in [0.1, 0.15) is 27.0 Å². The van der Waals surface area contributed by atoms with Crippen LogP contribution in [0.15, 0.2) is 77.8 Å². The number of rotatable bonds is 10. The van der Waals surface area contributed by atoms with Crippen molar-refractivity contribution >= 4 is 26.8 Å². The summed E-state index contributed by atoms with van der Waals surface area (Å²) in [4.78, 5) is 15.1. The first-order valence-corrected chi connectivity index (χ1v) is 13.0. The van der Waals surface area contributed by atoms with Crippen LogP contribution < -0.4 is 14.8 Å². The summed E-state index contributed by atoms with van der Waals surface area (Å²) in [5.74, 6) is 0.0124. The molecule has 1 atom stereocenters. The third-order valence-corrected chi connectivity index (χ3v) is 7.57. The molecule has 4 rings (SSSR count). The number of benzene rings is 3. The van der Waals surface area contributed by atoms with Gasteiger partial charge in [-0.15, -0.1) is 0 Å². The molecule has 0 spiro atoms. The molecule has 8 nitrogen and oxygen atoms in total. The molecule has 3 aromatic carbocycles. The Kier molecular flexibility index (Phi) is 7.73. The Morgan fingerprint density at radius 2 is 1.83 bits per heavy atom. The average molecular weight is 508 g/mol. The predicted octanol–water partition coefficient (Wildman–Crippen LogP) is 3.01. The fourth-order valence-electron chi connectivity index (χ4n) is 4.24. The number of sulfonamides is 1. The molecule has 4 aromatic rings. The number of H-pyrrole nitrogens is 1. The van der Waals surface area contributed by atoms with Crippen LogP contribution in [0, 0.1) is 0 Å². The molecule has 36 heavy (non-hydrogen) atoms. The van der Waals surface area contributed by atoms with E-state index in [1.165, 1.54) is 7.11 Å². The van der Waals surface area contributed by atoms with Crippen LogP contribution in [0.4, 0.5) is 0 Å². The standard InChI is InChI=1S/C27H29N3O5S/c1-28-27(32)20-7-5-6-18(13-20)12-19-10-11-25(35-2)26(14-19)36(33,34)30-22(17-31)15-21-16-29-24-9-4-3-8-23(21)24/h3-11,13-14,16,22,29-31H,12,15,17H2,1-2H3,(H,28,32)/t22-/m1/s1. The lowest BCUT2D eigenvalue weighted by Crippen LogP contribution is -2.39. The number of aromatic nitrogens is 1. The molecule has 0 bridgehead atoms. The number of aliphatic hydroxyl groups is 1. The minimum atomic E-state index is -4.02. The zero-order chi connectivity index (χ0) is 25.7. The van der Waals surface area contributed by atoms with Crippen LogP contribution in [-0.4, -0.2) is 51.2 Å². The summed E-state index contributed by atoms with van der Waals surface area (Å²) in [5.41, 5.74) is 3.99. The second-order valence-corrected chi connectivity index (χ2v) is 10.2. The van der Waals surface area contributed by atoms with Gasteiger partial charge in [0.05, 0.1) is 13.7 Å². The summed E-state index contributed by atoms with van der Waals surface area (Å²) in [7, 11) is -1.04. The van der Waals surface area contributed by atoms with Crippen molar-refractivity contribution in [1.82, 2.24) is 15.0 Å². The van der Waals surface area contributed by atoms with E-state index in [1.54, 1.807) is 43.4 Å². The van der Waals surface area contributed by atoms with Gasteiger partial charge in [-0.2, -0.15) is 0 Å². The van der Waals surface area contributed by atoms with Crippen molar-refractivity contribution in [3.05, 3.63) is 95.2 Å². The Morgan fingerprint density at radius 3 is 2.58 bits per heavy atom. The van der Waals surface area contributed by atoms with Crippen LogP contribution >= 0.6 is 0 Å². The number of nitrogens with one attached hydrogen (secondary N) is 3. The zero-order valence-corrected chi connectivity index (χ0v) is 20.9. The van der Waals surface area contributed by atoms with Crippen molar-refractivity contribution in [2.45, 2.75) is 23.8 Å². The number of para-hydroxylation sites is 1. The van der Waals surface area contributed by atoms with E-state index in [2.05, 4.69) is 15.0 Å². The summed E-state index contributed by atoms with van der Waals surface area (Å²) < 4.78 is 34.8. The molecule has 9 heteroatoms. The molecule has 0 saturated carbocycles. The fourth-order valence-corrected chi connectivity index (χ4v) is 5.68. The number of hydrogen-bond donors (Lipinski definition) is 4. The van der Waals surface area contributed by atoms with Crippen molar-refractivity contribution in [2.75, 3.05) is 20.8 Å². The molecule has 188 valence electrons. The quantitative estimate of drug-likeness (QED) is 0.263. The minimum absolute atomic E-state index is 0.0117. The molecule has 0 unspecified atom stereocenters. The Bertz CT molecular complexity index is 1480. The van der Waals surface area contributed by atoms with Gasteiger partial charge in [0.2, 0.25) is 10.0 Å². The van der Waals surface area contributed by atoms with Crippen LogP contribution in [-0.2, 0) is 22.9 Å². The second-order valence-electron chi connectivity index (χ2n) is 8.51. The van der Waals surface area contributed by atoms with Crippen molar-refractivity contribution in [3.63, 3.8) is 0 Å². The minimum Gasteiger partial charge on any atom is -0.495 e. The van der Waals surface area contributed by atoms with Crippen molar-refractivity contribution in [2.24, 2.45) is 0 Å². The number of methoxy groups -OCH3 is 1. The lowest BCUT2D eigenvalue weighted by atomic mass is 10.0. The first-order chi connectivity index (χ1) is 17.3. The van der Waals surface area contributed by atoms with E-state index in [-0.39, 0.29) is 23.2 Å². The number of aliphatic hydroxyl groups excluding tert-OH is 1. The number of aromatic amines is 1. The molecule has 0 aliphatic heterocycles. The van der Waals surface area contributed by atoms with E-state index in [9.17, 15) is 18.3 Å². The second kappa shape index (κ2) is 10.9. The van der Waals surface area contributed by atoms with Crippen LogP contribution in [0.2, 0.25) is 0 Å². The van der Waals surface area contributed by atoms with E-state index < -0.39 is 16.1 Å². The van der Waals surface area contributed by atoms with Gasteiger partial charge in [-0.05, 0) is 59.9 Å². The Hall–Kier alpha value is -3.66. The number of fused-ring (bicyclic) bond motifs is 1. The molecule has 0 aliphatic rings. The number of hydrogen-bond acceptors (Lipinski definition) is 5. The Balaban J connectivity index is 1.58. The topological polar surface area (TPSA) is 121 Å². The fraction of sp³-hybridized carbons (Fsp3) is 0.222. The maximum Gasteiger partial charge on any atom is 0.251 e. The smallest absolute Gasteiger partial charge is 0.251 e. The summed E-state index contributed by atoms with van der Waals surface area (Å²) in [6.45, 7) is -0.368. The van der Waals surface area contributed by atoms with Gasteiger partial charge in [0.25, 0.3) is 5.91 Å². The van der Waals surface area contributed by atoms with E-state index >= 15 is 0 Å². The van der Waals surface area contributed by atoms with Crippen molar-refractivity contribution < 1.29 is 23.1 Å². The van der Waals surface area contributed by atoms with Gasteiger partial charge in [0.15, 0.2) is 0 Å². The molecular formula is C27H29N3O5S. The number of amides is 1. The monoisotopic (exact) mass is 507 g/mol. The van der Waals surface area contributed by atoms with Crippen molar-refractivity contribution in [1.29, 1.82) is 0 Å². The largest absolute Gasteiger partial charge is 0.495 e. The van der Waals surface area contributed by atoms with E-state index in [4.69, 9.17) is 4.74 Å². The Morgan fingerprint density at radius 1 is 1.06 bits per heavy atom. The van der Waals surface area contributed by atoms with E-state index in [0.717, 1.165) is 27.6 Å². The predicted molar refractivity (Wildman–Crippen MR) is 139 cm³/mol. The molecule has 0 saturated heterocycles. The van der Waals surface area contributed by atoms with Gasteiger partial charge < -0.3 is 20.1 Å². The highest BCUT2D eigenvalue weighted by atomic mass is 32.2. The maximum absolute atomic E-state index is 13.4. The molecule has 1 amide bonds. The number of carbonyl (C=O) groups is 1. The average Bonchev–Trinajstić information content (AvgIpc) is 3.30. The van der Waals surface area contributed by atoms with Crippen molar-refractivity contribution in [3.8, 4) is 5.75 Å². The van der Waals surface area contributed by atoms with Crippen LogP contribution in [0.3, 0.4) is 0 Å². The van der Waals surface area contributed by atoms with E-state index in [1.807, 2.05) is 36.5 Å². The molecule has 1 heterocycles. The van der Waals surface area contributed by atoms with Gasteiger partial charge in [0, 0.05) is 35.8 Å². The SMILES string of the molecule is CNC(=O)c1cccc(Cc2ccc(OC)c(S(=O)(=O)N[C@@H](CO)Cc3c[nH]c4ccccc34)c2)c1. The van der Waals surface area contributed by atoms with Gasteiger partial charge in [-0.25, -0.2) is 13.1 Å². The highest BCUT2D eigenvalue weighted by Gasteiger charge is 2.25. The first kappa shape index (κ1) is 25.4. The van der Waals surface area contributed by atoms with Crippen LogP contribution in [0.25, 0.3) is 10.9 Å². The third kappa shape index (κ3) is 5.59. The highest BCUT2D eigenvalue weighted by Crippen LogP contribution is 2.27.